The first kappa shape index (κ1) is 16.3. The summed E-state index contributed by atoms with van der Waals surface area (Å²) in [5, 5.41) is 1.66. The first-order valence-electron chi connectivity index (χ1n) is 8.35. The molecule has 1 saturated heterocycles. The van der Waals surface area contributed by atoms with Gasteiger partial charge in [0.2, 0.25) is 0 Å². The van der Waals surface area contributed by atoms with E-state index in [0.29, 0.717) is 5.25 Å². The van der Waals surface area contributed by atoms with E-state index < -0.39 is 0 Å². The van der Waals surface area contributed by atoms with Crippen LogP contribution in [0.15, 0.2) is 47.6 Å². The second kappa shape index (κ2) is 6.59. The van der Waals surface area contributed by atoms with Crippen molar-refractivity contribution in [3.63, 3.8) is 0 Å². The van der Waals surface area contributed by atoms with E-state index >= 15 is 0 Å². The molecule has 2 aliphatic heterocycles. The number of aliphatic imine (C=N–C) groups is 1. The van der Waals surface area contributed by atoms with Crippen LogP contribution in [0.4, 0.5) is 0 Å². The van der Waals surface area contributed by atoms with Gasteiger partial charge in [-0.2, -0.15) is 0 Å². The van der Waals surface area contributed by atoms with E-state index in [9.17, 15) is 0 Å². The largest absolute Gasteiger partial charge is 0.493 e. The van der Waals surface area contributed by atoms with Gasteiger partial charge in [-0.15, -0.1) is 0 Å². The van der Waals surface area contributed by atoms with Crippen molar-refractivity contribution in [2.45, 2.75) is 24.3 Å². The second-order valence-electron chi connectivity index (χ2n) is 6.25. The quantitative estimate of drug-likeness (QED) is 0.837. The number of rotatable bonds is 4. The summed E-state index contributed by atoms with van der Waals surface area (Å²) in [6.07, 6.45) is 1.83. The number of hydrogen-bond acceptors (Lipinski definition) is 6. The first-order chi connectivity index (χ1) is 12.2. The molecule has 0 aliphatic carbocycles. The van der Waals surface area contributed by atoms with Crippen LogP contribution in [0.2, 0.25) is 0 Å². The third kappa shape index (κ3) is 2.84. The number of benzene rings is 1. The van der Waals surface area contributed by atoms with Gasteiger partial charge < -0.3 is 14.4 Å². The third-order valence-electron chi connectivity index (χ3n) is 4.63. The second-order valence-corrected chi connectivity index (χ2v) is 7.66. The molecule has 0 spiro atoms. The summed E-state index contributed by atoms with van der Waals surface area (Å²) in [7, 11) is 3.33. The predicted octanol–water partition coefficient (Wildman–Crippen LogP) is 3.69. The lowest BCUT2D eigenvalue weighted by molar-refractivity contribution is 0.317. The Balaban J connectivity index is 1.77. The van der Waals surface area contributed by atoms with E-state index in [1.54, 1.807) is 14.2 Å². The molecular weight excluding hydrogens is 334 g/mol. The molecule has 0 bridgehead atoms. The fourth-order valence-electron chi connectivity index (χ4n) is 3.51. The monoisotopic (exact) mass is 355 g/mol. The predicted molar refractivity (Wildman–Crippen MR) is 100 cm³/mol. The summed E-state index contributed by atoms with van der Waals surface area (Å²) >= 11 is 1.84. The van der Waals surface area contributed by atoms with Gasteiger partial charge in [-0.1, -0.05) is 30.8 Å². The maximum atomic E-state index is 5.51. The minimum absolute atomic E-state index is 0.00528. The van der Waals surface area contributed by atoms with Crippen molar-refractivity contribution in [3.05, 3.63) is 53.9 Å². The van der Waals surface area contributed by atoms with Crippen LogP contribution in [0.1, 0.15) is 30.3 Å². The molecule has 0 radical (unpaired) electrons. The van der Waals surface area contributed by atoms with E-state index in [2.05, 4.69) is 35.0 Å². The lowest BCUT2D eigenvalue weighted by Crippen LogP contribution is -2.28. The molecule has 1 aromatic heterocycles. The van der Waals surface area contributed by atoms with Crippen molar-refractivity contribution in [1.82, 2.24) is 9.88 Å². The van der Waals surface area contributed by atoms with Crippen LogP contribution in [0.3, 0.4) is 0 Å². The minimum Gasteiger partial charge on any atom is -0.493 e. The highest BCUT2D eigenvalue weighted by molar-refractivity contribution is 8.14. The van der Waals surface area contributed by atoms with Gasteiger partial charge in [0, 0.05) is 18.0 Å². The average molecular weight is 355 g/mol. The molecule has 0 amide bonds. The molecule has 3 atom stereocenters. The molecular formula is C19H21N3O2S. The summed E-state index contributed by atoms with van der Waals surface area (Å²) in [4.78, 5) is 12.0. The van der Waals surface area contributed by atoms with Gasteiger partial charge >= 0.3 is 0 Å². The molecule has 3 heterocycles. The summed E-state index contributed by atoms with van der Waals surface area (Å²) in [6.45, 7) is 3.23. The van der Waals surface area contributed by atoms with Crippen LogP contribution < -0.4 is 9.47 Å². The zero-order valence-electron chi connectivity index (χ0n) is 14.5. The van der Waals surface area contributed by atoms with Gasteiger partial charge in [0.15, 0.2) is 16.7 Å². The van der Waals surface area contributed by atoms with E-state index in [0.717, 1.165) is 28.9 Å². The standard InChI is InChI=1S/C19H21N3O2S/c1-12-11-22-18(13-7-8-15(23-2)16(10-13)24-3)17(21-19(22)25-12)14-6-4-5-9-20-14/h4-10,12,17-18H,11H2,1-3H3/t12-,17-,18-/m0/s1. The molecule has 4 rings (SSSR count). The van der Waals surface area contributed by atoms with Crippen LogP contribution >= 0.6 is 11.8 Å². The summed E-state index contributed by atoms with van der Waals surface area (Å²) in [6, 6.07) is 12.3. The highest BCUT2D eigenvalue weighted by Gasteiger charge is 2.43. The molecule has 5 nitrogen and oxygen atoms in total. The number of nitrogens with zero attached hydrogens (tertiary/aromatic N) is 3. The maximum absolute atomic E-state index is 5.51. The Labute approximate surface area is 152 Å². The number of pyridine rings is 1. The molecule has 0 unspecified atom stereocenters. The highest BCUT2D eigenvalue weighted by atomic mass is 32.2. The molecule has 6 heteroatoms. The SMILES string of the molecule is COc1ccc([C@H]2[C@H](c3ccccn3)N=C3S[C@@H](C)CN32)cc1OC. The minimum atomic E-state index is -0.00528. The number of aromatic nitrogens is 1. The Morgan fingerprint density at radius 2 is 1.96 bits per heavy atom. The molecule has 130 valence electrons. The van der Waals surface area contributed by atoms with E-state index in [-0.39, 0.29) is 12.1 Å². The number of hydrogen-bond donors (Lipinski definition) is 0. The lowest BCUT2D eigenvalue weighted by Gasteiger charge is -2.27. The van der Waals surface area contributed by atoms with Crippen molar-refractivity contribution in [3.8, 4) is 11.5 Å². The number of methoxy groups -OCH3 is 2. The zero-order valence-corrected chi connectivity index (χ0v) is 15.4. The van der Waals surface area contributed by atoms with E-state index in [1.165, 1.54) is 5.56 Å². The first-order valence-corrected chi connectivity index (χ1v) is 9.23. The number of amidine groups is 1. The lowest BCUT2D eigenvalue weighted by atomic mass is 9.96. The van der Waals surface area contributed by atoms with Crippen LogP contribution in [-0.4, -0.2) is 41.1 Å². The Bertz CT molecular complexity index is 797. The number of ether oxygens (including phenoxy) is 2. The Morgan fingerprint density at radius 3 is 2.68 bits per heavy atom. The zero-order chi connectivity index (χ0) is 17.4. The smallest absolute Gasteiger partial charge is 0.161 e. The van der Waals surface area contributed by atoms with Gasteiger partial charge in [0.25, 0.3) is 0 Å². The fourth-order valence-corrected chi connectivity index (χ4v) is 4.61. The van der Waals surface area contributed by atoms with E-state index in [4.69, 9.17) is 14.5 Å². The van der Waals surface area contributed by atoms with Crippen molar-refractivity contribution < 1.29 is 9.47 Å². The molecule has 1 aromatic carbocycles. The fraction of sp³-hybridized carbons (Fsp3) is 0.368. The van der Waals surface area contributed by atoms with Crippen molar-refractivity contribution in [2.24, 2.45) is 4.99 Å². The summed E-state index contributed by atoms with van der Waals surface area (Å²) in [5.41, 5.74) is 2.17. The van der Waals surface area contributed by atoms with Gasteiger partial charge in [-0.05, 0) is 29.8 Å². The average Bonchev–Trinajstić information content (AvgIpc) is 3.17. The van der Waals surface area contributed by atoms with Gasteiger partial charge in [-0.3, -0.25) is 9.98 Å². The normalized spacial score (nSPS) is 24.8. The van der Waals surface area contributed by atoms with Crippen molar-refractivity contribution in [2.75, 3.05) is 20.8 Å². The Kier molecular flexibility index (Phi) is 4.29. The van der Waals surface area contributed by atoms with Crippen molar-refractivity contribution >= 4 is 16.9 Å². The molecule has 2 aromatic rings. The number of fused-ring (bicyclic) bond motifs is 1. The Morgan fingerprint density at radius 1 is 1.12 bits per heavy atom. The molecule has 2 aliphatic rings. The third-order valence-corrected chi connectivity index (χ3v) is 5.73. The highest BCUT2D eigenvalue weighted by Crippen LogP contribution is 2.48. The van der Waals surface area contributed by atoms with E-state index in [1.807, 2.05) is 36.2 Å². The summed E-state index contributed by atoms with van der Waals surface area (Å²) in [5.74, 6) is 1.48. The maximum Gasteiger partial charge on any atom is 0.161 e. The van der Waals surface area contributed by atoms with Gasteiger partial charge in [-0.25, -0.2) is 0 Å². The van der Waals surface area contributed by atoms with Crippen molar-refractivity contribution in [1.29, 1.82) is 0 Å². The number of thioether (sulfide) groups is 1. The topological polar surface area (TPSA) is 47.0 Å². The van der Waals surface area contributed by atoms with Crippen LogP contribution in [-0.2, 0) is 0 Å². The van der Waals surface area contributed by atoms with Gasteiger partial charge in [0.1, 0.15) is 6.04 Å². The molecule has 25 heavy (non-hydrogen) atoms. The van der Waals surface area contributed by atoms with Crippen LogP contribution in [0, 0.1) is 0 Å². The van der Waals surface area contributed by atoms with Crippen LogP contribution in [0.25, 0.3) is 0 Å². The van der Waals surface area contributed by atoms with Gasteiger partial charge in [0.05, 0.1) is 26.0 Å². The molecule has 0 N–H and O–H groups in total. The van der Waals surface area contributed by atoms with Crippen LogP contribution in [0.5, 0.6) is 11.5 Å². The molecule has 1 fully saturated rings. The molecule has 0 saturated carbocycles. The summed E-state index contributed by atoms with van der Waals surface area (Å²) < 4.78 is 10.9. The Hall–Kier alpha value is -2.21.